The highest BCUT2D eigenvalue weighted by Crippen LogP contribution is 2.56. The molecule has 2 amide bonds. The summed E-state index contributed by atoms with van der Waals surface area (Å²) in [4.78, 5) is 96.7. The maximum Gasteiger partial charge on any atom is 0.274 e. The van der Waals surface area contributed by atoms with Gasteiger partial charge in [-0.15, -0.1) is 0 Å². The Kier molecular flexibility index (Phi) is 24.8. The molecule has 0 radical (unpaired) electrons. The molecular formula is C37H62N7O18P3S-4. The molecule has 378 valence electrons. The van der Waals surface area contributed by atoms with E-state index in [1.54, 1.807) is 0 Å². The van der Waals surface area contributed by atoms with Crippen LogP contribution in [0, 0.1) is 5.41 Å². The van der Waals surface area contributed by atoms with Gasteiger partial charge in [0.2, 0.25) is 11.8 Å². The van der Waals surface area contributed by atoms with E-state index in [0.29, 0.717) is 12.2 Å². The van der Waals surface area contributed by atoms with Crippen LogP contribution in [0.2, 0.25) is 0 Å². The summed E-state index contributed by atoms with van der Waals surface area (Å²) >= 11 is 1.13. The number of nitrogens with zero attached hydrogens (tertiary/aromatic N) is 4. The minimum absolute atomic E-state index is 0.0205. The molecule has 7 N–H and O–H groups in total. The first-order chi connectivity index (χ1) is 31.1. The highest BCUT2D eigenvalue weighted by atomic mass is 32.2. The van der Waals surface area contributed by atoms with Gasteiger partial charge >= 0.3 is 0 Å². The van der Waals surface area contributed by atoms with E-state index in [4.69, 9.17) is 15.6 Å². The highest BCUT2D eigenvalue weighted by molar-refractivity contribution is 8.13. The fourth-order valence-corrected chi connectivity index (χ4v) is 10.1. The number of ether oxygens (including phenoxy) is 1. The quantitative estimate of drug-likeness (QED) is 0.0413. The molecule has 0 bridgehead atoms. The van der Waals surface area contributed by atoms with Crippen LogP contribution >= 0.6 is 35.2 Å². The minimum atomic E-state index is -5.92. The van der Waals surface area contributed by atoms with E-state index in [1.807, 2.05) is 0 Å². The number of aromatic nitrogens is 4. The number of nitrogens with two attached hydrogens (primary N) is 1. The third kappa shape index (κ3) is 21.0. The normalized spacial score (nSPS) is 20.2. The zero-order valence-electron chi connectivity index (χ0n) is 37.0. The summed E-state index contributed by atoms with van der Waals surface area (Å²) < 4.78 is 60.8. The second-order valence-corrected chi connectivity index (χ2v) is 21.5. The molecule has 66 heavy (non-hydrogen) atoms. The van der Waals surface area contributed by atoms with Crippen molar-refractivity contribution in [1.29, 1.82) is 0 Å². The topological polar surface area (TPSA) is 395 Å². The molecule has 3 heterocycles. The van der Waals surface area contributed by atoms with Crippen molar-refractivity contribution in [3.05, 3.63) is 12.7 Å². The van der Waals surface area contributed by atoms with Gasteiger partial charge in [-0.3, -0.25) is 28.1 Å². The molecule has 1 saturated heterocycles. The predicted octanol–water partition coefficient (Wildman–Crippen LogP) is 0.590. The molecule has 7 atom stereocenters. The SMILES string of the molecule is CC(C)(COP(=O)([O-])OP(=O)([O-])OC[C@H]1O[C@@H](n2cnc3c(N)ncnc32)[C@H](O)[C@@H]1OP(=O)([O-])[O-])[C@@H](O)C(=O)NCCC(=O)NCCSC(=O)CCCCCCCCCCCCCCCO. The van der Waals surface area contributed by atoms with Gasteiger partial charge in [0.1, 0.15) is 36.3 Å². The first kappa shape index (κ1) is 57.8. The fourth-order valence-electron chi connectivity index (χ4n) is 6.67. The first-order valence-electron chi connectivity index (χ1n) is 21.6. The van der Waals surface area contributed by atoms with E-state index in [-0.39, 0.29) is 48.2 Å². The van der Waals surface area contributed by atoms with Crippen molar-refractivity contribution in [3.8, 4) is 0 Å². The number of hydrogen-bond donors (Lipinski definition) is 6. The molecule has 0 aromatic carbocycles. The average Bonchev–Trinajstić information content (AvgIpc) is 3.80. The van der Waals surface area contributed by atoms with Crippen LogP contribution in [-0.4, -0.2) is 115 Å². The Morgan fingerprint density at radius 2 is 1.47 bits per heavy atom. The van der Waals surface area contributed by atoms with Gasteiger partial charge in [-0.2, -0.15) is 0 Å². The van der Waals surface area contributed by atoms with Crippen molar-refractivity contribution in [2.24, 2.45) is 5.41 Å². The Labute approximate surface area is 387 Å². The maximum atomic E-state index is 12.6. The fraction of sp³-hybridized carbons (Fsp3) is 0.784. The zero-order chi connectivity index (χ0) is 49.0. The summed E-state index contributed by atoms with van der Waals surface area (Å²) in [5.74, 6) is -1.15. The molecule has 0 saturated carbocycles. The maximum absolute atomic E-state index is 12.6. The van der Waals surface area contributed by atoms with E-state index in [0.717, 1.165) is 67.5 Å². The standard InChI is InChI=1S/C37H66N7O18P3S/c1-37(2,32(49)35(50)40-18-17-27(46)39-19-21-66-28(47)16-14-12-10-8-6-4-3-5-7-9-11-13-15-20-45)23-59-65(56,57)62-64(54,55)58-22-26-31(61-63(51,52)53)30(48)36(60-26)44-25-43-29-33(38)41-24-42-34(29)44/h24-26,30-32,36,45,48-49H,3-23H2,1-2H3,(H,39,46)(H,40,50)(H,54,55)(H,56,57)(H2,38,41,42)(H2,51,52,53)/p-4/t26-,30-,31-,32+,36-/m1/s1. The Hall–Kier alpha value is -2.48. The predicted molar refractivity (Wildman–Crippen MR) is 230 cm³/mol. The van der Waals surface area contributed by atoms with Crippen LogP contribution in [0.4, 0.5) is 5.82 Å². The summed E-state index contributed by atoms with van der Waals surface area (Å²) in [5, 5.41) is 35.2. The van der Waals surface area contributed by atoms with Crippen molar-refractivity contribution in [2.75, 3.05) is 44.4 Å². The van der Waals surface area contributed by atoms with Crippen LogP contribution < -0.4 is 35.9 Å². The molecule has 29 heteroatoms. The van der Waals surface area contributed by atoms with Gasteiger partial charge in [0.25, 0.3) is 15.6 Å². The lowest BCUT2D eigenvalue weighted by atomic mass is 9.87. The lowest BCUT2D eigenvalue weighted by Gasteiger charge is -2.36. The van der Waals surface area contributed by atoms with Crippen molar-refractivity contribution in [2.45, 2.75) is 141 Å². The van der Waals surface area contributed by atoms with Crippen molar-refractivity contribution in [1.82, 2.24) is 30.2 Å². The van der Waals surface area contributed by atoms with Gasteiger partial charge in [0.05, 0.1) is 27.4 Å². The second kappa shape index (κ2) is 28.3. The number of hydrogen-bond acceptors (Lipinski definition) is 23. The number of anilines is 1. The lowest BCUT2D eigenvalue weighted by Crippen LogP contribution is -2.46. The summed E-state index contributed by atoms with van der Waals surface area (Å²) in [6.07, 6.45) is 7.53. The summed E-state index contributed by atoms with van der Waals surface area (Å²) in [6, 6.07) is 0. The molecule has 1 aliphatic rings. The number of rotatable bonds is 34. The van der Waals surface area contributed by atoms with E-state index < -0.39 is 84.6 Å². The van der Waals surface area contributed by atoms with Crippen LogP contribution in [0.3, 0.4) is 0 Å². The molecule has 3 rings (SSSR count). The monoisotopic (exact) mass is 1020 g/mol. The van der Waals surface area contributed by atoms with Gasteiger partial charge in [0, 0.05) is 43.7 Å². The van der Waals surface area contributed by atoms with E-state index in [2.05, 4.69) is 43.5 Å². The molecule has 2 aromatic rings. The summed E-state index contributed by atoms with van der Waals surface area (Å²) in [7, 11) is -17.6. The molecule has 2 aromatic heterocycles. The molecule has 0 aliphatic carbocycles. The molecular weight excluding hydrogens is 955 g/mol. The highest BCUT2D eigenvalue weighted by Gasteiger charge is 2.47. The number of phosphoric acid groups is 3. The minimum Gasteiger partial charge on any atom is -0.790 e. The molecule has 1 fully saturated rings. The van der Waals surface area contributed by atoms with Crippen LogP contribution in [0.25, 0.3) is 11.2 Å². The number of nitrogen functional groups attached to an aromatic ring is 1. The van der Waals surface area contributed by atoms with Crippen LogP contribution in [0.1, 0.15) is 116 Å². The van der Waals surface area contributed by atoms with Crippen LogP contribution in [-0.2, 0) is 50.7 Å². The number of nitrogens with one attached hydrogen (secondary N) is 2. The second-order valence-electron chi connectivity index (χ2n) is 16.3. The number of phosphoric ester groups is 3. The van der Waals surface area contributed by atoms with Gasteiger partial charge in [-0.05, 0) is 12.8 Å². The zero-order valence-corrected chi connectivity index (χ0v) is 40.5. The van der Waals surface area contributed by atoms with Gasteiger partial charge in [0.15, 0.2) is 22.8 Å². The van der Waals surface area contributed by atoms with Gasteiger partial charge < -0.3 is 74.1 Å². The number of aliphatic hydroxyl groups is 3. The number of carbonyl (C=O) groups is 3. The lowest BCUT2D eigenvalue weighted by molar-refractivity contribution is -0.347. The van der Waals surface area contributed by atoms with Gasteiger partial charge in [-0.1, -0.05) is 96.2 Å². The largest absolute Gasteiger partial charge is 0.790 e. The number of thioether (sulfide) groups is 1. The van der Waals surface area contributed by atoms with Gasteiger partial charge in [-0.25, -0.2) is 19.3 Å². The average molecular weight is 1020 g/mol. The summed E-state index contributed by atoms with van der Waals surface area (Å²) in [5.41, 5.74) is 4.08. The van der Waals surface area contributed by atoms with E-state index in [9.17, 15) is 57.9 Å². The van der Waals surface area contributed by atoms with E-state index >= 15 is 0 Å². The molecule has 1 aliphatic heterocycles. The Morgan fingerprint density at radius 3 is 2.08 bits per heavy atom. The van der Waals surface area contributed by atoms with Crippen molar-refractivity contribution < 1.29 is 85.6 Å². The number of imidazole rings is 1. The summed E-state index contributed by atoms with van der Waals surface area (Å²) in [6.45, 7) is 0.425. The Balaban J connectivity index is 1.31. The van der Waals surface area contributed by atoms with Crippen LogP contribution in [0.5, 0.6) is 0 Å². The third-order valence-corrected chi connectivity index (χ3v) is 14.2. The van der Waals surface area contributed by atoms with E-state index in [1.165, 1.54) is 58.8 Å². The number of aliphatic hydroxyl groups excluding tert-OH is 3. The molecule has 25 nitrogen and oxygen atoms in total. The number of unbranched alkanes of at least 4 members (excludes halogenated alkanes) is 12. The molecule has 2 unspecified atom stereocenters. The van der Waals surface area contributed by atoms with Crippen molar-refractivity contribution >= 4 is 69.1 Å². The number of carbonyl (C=O) groups excluding carboxylic acids is 3. The van der Waals surface area contributed by atoms with Crippen LogP contribution in [0.15, 0.2) is 12.7 Å². The third-order valence-electron chi connectivity index (χ3n) is 10.3. The Morgan fingerprint density at radius 1 is 0.879 bits per heavy atom. The number of fused-ring (bicyclic) bond motifs is 1. The first-order valence-corrected chi connectivity index (χ1v) is 27.0. The Bertz CT molecular complexity index is 1980. The van der Waals surface area contributed by atoms with Crippen molar-refractivity contribution in [3.63, 3.8) is 0 Å². The molecule has 0 spiro atoms. The number of amides is 2. The smallest absolute Gasteiger partial charge is 0.274 e.